The molecule has 0 spiro atoms. The maximum Gasteiger partial charge on any atom is 0.268 e. The lowest BCUT2D eigenvalue weighted by atomic mass is 9.95. The molecule has 1 unspecified atom stereocenters. The number of hydrogen-bond acceptors (Lipinski definition) is 3. The van der Waals surface area contributed by atoms with Crippen LogP contribution in [0, 0.1) is 6.92 Å². The second-order valence-corrected chi connectivity index (χ2v) is 5.18. The van der Waals surface area contributed by atoms with Crippen LogP contribution in [-0.4, -0.2) is 34.4 Å². The summed E-state index contributed by atoms with van der Waals surface area (Å²) in [5, 5.41) is 11.7. The van der Waals surface area contributed by atoms with Gasteiger partial charge in [-0.25, -0.2) is 0 Å². The zero-order valence-electron chi connectivity index (χ0n) is 12.1. The van der Waals surface area contributed by atoms with E-state index in [1.54, 1.807) is 13.8 Å². The van der Waals surface area contributed by atoms with E-state index in [1.165, 1.54) is 6.92 Å². The van der Waals surface area contributed by atoms with Crippen molar-refractivity contribution in [2.75, 3.05) is 6.61 Å². The van der Waals surface area contributed by atoms with Gasteiger partial charge in [0.2, 0.25) is 0 Å². The smallest absolute Gasteiger partial charge is 0.268 e. The number of carbonyl (C=O) groups is 2. The fraction of sp³-hybridized carbons (Fsp3) is 0.571. The van der Waals surface area contributed by atoms with E-state index in [0.29, 0.717) is 17.0 Å². The summed E-state index contributed by atoms with van der Waals surface area (Å²) in [6, 6.07) is -0.322. The summed E-state index contributed by atoms with van der Waals surface area (Å²) in [5.74, 6) is -0.276. The summed E-state index contributed by atoms with van der Waals surface area (Å²) >= 11 is 0. The van der Waals surface area contributed by atoms with Crippen LogP contribution in [0.5, 0.6) is 0 Å². The Labute approximate surface area is 113 Å². The molecule has 0 aliphatic carbocycles. The predicted octanol–water partition coefficient (Wildman–Crippen LogP) is 1.76. The number of nitrogens with one attached hydrogen (secondary N) is 2. The number of ketones is 1. The van der Waals surface area contributed by atoms with E-state index in [2.05, 4.69) is 10.3 Å². The largest absolute Gasteiger partial charge is 0.394 e. The van der Waals surface area contributed by atoms with Crippen molar-refractivity contribution < 1.29 is 14.7 Å². The molecule has 1 amide bonds. The minimum Gasteiger partial charge on any atom is -0.394 e. The second kappa shape index (κ2) is 6.02. The van der Waals surface area contributed by atoms with Gasteiger partial charge in [0, 0.05) is 17.3 Å². The van der Waals surface area contributed by atoms with Gasteiger partial charge >= 0.3 is 0 Å². The van der Waals surface area contributed by atoms with Gasteiger partial charge in [-0.05, 0) is 32.3 Å². The summed E-state index contributed by atoms with van der Waals surface area (Å²) in [6.45, 7) is 8.77. The second-order valence-electron chi connectivity index (χ2n) is 5.18. The number of aliphatic hydroxyl groups excluding tert-OH is 1. The lowest BCUT2D eigenvalue weighted by molar-refractivity contribution is 0.0916. The molecule has 0 bridgehead atoms. The van der Waals surface area contributed by atoms with Crippen molar-refractivity contribution in [3.05, 3.63) is 22.5 Å². The molecule has 5 heteroatoms. The molecule has 3 N–H and O–H groups in total. The molecule has 0 aliphatic heterocycles. The minimum absolute atomic E-state index is 0.0493. The Kier molecular flexibility index (Phi) is 4.89. The van der Waals surface area contributed by atoms with Crippen molar-refractivity contribution in [3.63, 3.8) is 0 Å². The topological polar surface area (TPSA) is 82.2 Å². The summed E-state index contributed by atoms with van der Waals surface area (Å²) in [6.07, 6.45) is 0. The maximum atomic E-state index is 12.2. The molecule has 1 aromatic heterocycles. The first kappa shape index (κ1) is 15.4. The van der Waals surface area contributed by atoms with E-state index in [1.807, 2.05) is 13.8 Å². The van der Waals surface area contributed by atoms with Crippen molar-refractivity contribution >= 4 is 11.7 Å². The summed E-state index contributed by atoms with van der Waals surface area (Å²) in [5.41, 5.74) is 2.46. The fourth-order valence-electron chi connectivity index (χ4n) is 2.20. The molecular weight excluding hydrogens is 244 g/mol. The number of Topliss-reactive ketones (excluding diaryl/α,β-unsaturated/α-hetero) is 1. The van der Waals surface area contributed by atoms with E-state index >= 15 is 0 Å². The van der Waals surface area contributed by atoms with Crippen molar-refractivity contribution in [2.24, 2.45) is 0 Å². The SMILES string of the molecule is CC(=O)c1c(C)[nH]c(C(=O)NC(C)CO)c1C(C)C. The van der Waals surface area contributed by atoms with Crippen LogP contribution < -0.4 is 5.32 Å². The van der Waals surface area contributed by atoms with Gasteiger partial charge in [-0.2, -0.15) is 0 Å². The molecule has 1 heterocycles. The number of aromatic nitrogens is 1. The number of aliphatic hydroxyl groups is 1. The van der Waals surface area contributed by atoms with Gasteiger partial charge in [-0.15, -0.1) is 0 Å². The van der Waals surface area contributed by atoms with Gasteiger partial charge in [-0.1, -0.05) is 13.8 Å². The zero-order valence-corrected chi connectivity index (χ0v) is 12.1. The van der Waals surface area contributed by atoms with Gasteiger partial charge in [0.15, 0.2) is 5.78 Å². The Hall–Kier alpha value is -1.62. The highest BCUT2D eigenvalue weighted by atomic mass is 16.3. The quantitative estimate of drug-likeness (QED) is 0.710. The first-order valence-electron chi connectivity index (χ1n) is 6.44. The third kappa shape index (κ3) is 3.23. The molecule has 1 aromatic rings. The molecule has 1 rings (SSSR count). The molecule has 0 saturated carbocycles. The summed E-state index contributed by atoms with van der Waals surface area (Å²) in [7, 11) is 0. The molecule has 106 valence electrons. The number of aromatic amines is 1. The average molecular weight is 266 g/mol. The van der Waals surface area contributed by atoms with Crippen molar-refractivity contribution in [3.8, 4) is 0 Å². The van der Waals surface area contributed by atoms with Crippen molar-refractivity contribution in [1.82, 2.24) is 10.3 Å². The Bertz CT molecular complexity index is 489. The van der Waals surface area contributed by atoms with E-state index in [4.69, 9.17) is 5.11 Å². The predicted molar refractivity (Wildman–Crippen MR) is 73.6 cm³/mol. The third-order valence-electron chi connectivity index (χ3n) is 3.03. The number of carbonyl (C=O) groups excluding carboxylic acids is 2. The lowest BCUT2D eigenvalue weighted by Crippen LogP contribution is -2.35. The lowest BCUT2D eigenvalue weighted by Gasteiger charge is -2.13. The normalized spacial score (nSPS) is 12.6. The van der Waals surface area contributed by atoms with Crippen molar-refractivity contribution in [2.45, 2.75) is 46.6 Å². The van der Waals surface area contributed by atoms with Crippen LogP contribution in [0.15, 0.2) is 0 Å². The van der Waals surface area contributed by atoms with E-state index in [0.717, 1.165) is 5.56 Å². The zero-order chi connectivity index (χ0) is 14.7. The van der Waals surface area contributed by atoms with Crippen LogP contribution in [0.4, 0.5) is 0 Å². The van der Waals surface area contributed by atoms with Crippen molar-refractivity contribution in [1.29, 1.82) is 0 Å². The number of amides is 1. The maximum absolute atomic E-state index is 12.2. The monoisotopic (exact) mass is 266 g/mol. The highest BCUT2D eigenvalue weighted by molar-refractivity contribution is 6.03. The van der Waals surface area contributed by atoms with Crippen LogP contribution in [-0.2, 0) is 0 Å². The molecule has 1 atom stereocenters. The standard InChI is InChI=1S/C14H22N2O3/c1-7(2)11-12(10(5)18)9(4)16-13(11)14(19)15-8(3)6-17/h7-8,16-17H,6H2,1-5H3,(H,15,19). The van der Waals surface area contributed by atoms with E-state index in [9.17, 15) is 9.59 Å². The van der Waals surface area contributed by atoms with E-state index < -0.39 is 0 Å². The molecule has 19 heavy (non-hydrogen) atoms. The Morgan fingerprint density at radius 2 is 1.89 bits per heavy atom. The number of rotatable bonds is 5. The summed E-state index contributed by atoms with van der Waals surface area (Å²) < 4.78 is 0. The molecule has 0 radical (unpaired) electrons. The molecular formula is C14H22N2O3. The number of hydrogen-bond donors (Lipinski definition) is 3. The van der Waals surface area contributed by atoms with Gasteiger partial charge in [0.1, 0.15) is 5.69 Å². The van der Waals surface area contributed by atoms with Crippen LogP contribution >= 0.6 is 0 Å². The van der Waals surface area contributed by atoms with Crippen LogP contribution in [0.2, 0.25) is 0 Å². The highest BCUT2D eigenvalue weighted by Gasteiger charge is 2.25. The van der Waals surface area contributed by atoms with E-state index in [-0.39, 0.29) is 30.3 Å². The van der Waals surface area contributed by atoms with Crippen LogP contribution in [0.3, 0.4) is 0 Å². The first-order valence-corrected chi connectivity index (χ1v) is 6.44. The van der Waals surface area contributed by atoms with Gasteiger partial charge < -0.3 is 15.4 Å². The van der Waals surface area contributed by atoms with Gasteiger partial charge in [-0.3, -0.25) is 9.59 Å². The Morgan fingerprint density at radius 3 is 2.32 bits per heavy atom. The first-order chi connectivity index (χ1) is 8.79. The molecule has 5 nitrogen and oxygen atoms in total. The van der Waals surface area contributed by atoms with Crippen LogP contribution in [0.1, 0.15) is 65.7 Å². The molecule has 0 saturated heterocycles. The molecule has 0 fully saturated rings. The molecule has 0 aromatic carbocycles. The molecule has 0 aliphatic rings. The fourth-order valence-corrected chi connectivity index (χ4v) is 2.20. The summed E-state index contributed by atoms with van der Waals surface area (Å²) in [4.78, 5) is 26.9. The van der Waals surface area contributed by atoms with Gasteiger partial charge in [0.25, 0.3) is 5.91 Å². The minimum atomic E-state index is -0.322. The average Bonchev–Trinajstić information content (AvgIpc) is 2.66. The van der Waals surface area contributed by atoms with Gasteiger partial charge in [0.05, 0.1) is 6.61 Å². The Balaban J connectivity index is 3.25. The third-order valence-corrected chi connectivity index (χ3v) is 3.03. The highest BCUT2D eigenvalue weighted by Crippen LogP contribution is 2.27. The number of H-pyrrole nitrogens is 1. The van der Waals surface area contributed by atoms with Crippen LogP contribution in [0.25, 0.3) is 0 Å². The Morgan fingerprint density at radius 1 is 1.32 bits per heavy atom. The number of aryl methyl sites for hydroxylation is 1.